The molecule has 0 saturated heterocycles. The van der Waals surface area contributed by atoms with Crippen LogP contribution in [0, 0.1) is 17.8 Å². The molecule has 1 aliphatic heterocycles. The van der Waals surface area contributed by atoms with Gasteiger partial charge in [-0.3, -0.25) is 9.48 Å². The maximum atomic E-state index is 13.9. The molecule has 190 valence electrons. The van der Waals surface area contributed by atoms with E-state index in [4.69, 9.17) is 4.42 Å². The molecule has 4 aliphatic carbocycles. The number of carbonyl (C=O) groups excluding carboxylic acids is 1. The lowest BCUT2D eigenvalue weighted by Crippen LogP contribution is -2.52. The average molecular weight is 501 g/mol. The van der Waals surface area contributed by atoms with Crippen LogP contribution in [0.5, 0.6) is 0 Å². The van der Waals surface area contributed by atoms with Crippen molar-refractivity contribution in [1.29, 1.82) is 0 Å². The van der Waals surface area contributed by atoms with Crippen LogP contribution in [0.3, 0.4) is 0 Å². The molecule has 36 heavy (non-hydrogen) atoms. The second kappa shape index (κ2) is 7.63. The Morgan fingerprint density at radius 2 is 1.81 bits per heavy atom. The maximum Gasteiger partial charge on any atom is 0.410 e. The molecule has 1 amide bonds. The van der Waals surface area contributed by atoms with Crippen LogP contribution in [0.15, 0.2) is 41.4 Å². The summed E-state index contributed by atoms with van der Waals surface area (Å²) in [6.07, 6.45) is 8.63. The van der Waals surface area contributed by atoms with Crippen LogP contribution in [0.1, 0.15) is 73.1 Å². The van der Waals surface area contributed by atoms with Crippen LogP contribution >= 0.6 is 0 Å². The van der Waals surface area contributed by atoms with Gasteiger partial charge in [-0.05, 0) is 68.4 Å². The van der Waals surface area contributed by atoms with Gasteiger partial charge in [-0.2, -0.15) is 23.4 Å². The van der Waals surface area contributed by atoms with Crippen LogP contribution < -0.4 is 10.6 Å². The van der Waals surface area contributed by atoms with Gasteiger partial charge in [0.15, 0.2) is 6.04 Å². The summed E-state index contributed by atoms with van der Waals surface area (Å²) < 4.78 is 49.9. The fourth-order valence-corrected chi connectivity index (χ4v) is 7.60. The Bertz CT molecular complexity index is 1260. The number of halogens is 3. The highest BCUT2D eigenvalue weighted by Crippen LogP contribution is 2.58. The van der Waals surface area contributed by atoms with E-state index >= 15 is 0 Å². The van der Waals surface area contributed by atoms with Crippen molar-refractivity contribution >= 4 is 17.4 Å². The normalized spacial score (nSPS) is 32.8. The Hall–Kier alpha value is -3.24. The molecule has 3 aromatic rings. The van der Waals surface area contributed by atoms with Crippen LogP contribution in [-0.4, -0.2) is 31.6 Å². The van der Waals surface area contributed by atoms with Crippen LogP contribution in [0.4, 0.5) is 24.7 Å². The lowest BCUT2D eigenvalue weighted by atomic mass is 9.53. The fraction of sp³-hybridized carbons (Fsp3) is 0.560. The van der Waals surface area contributed by atoms with Crippen molar-refractivity contribution < 1.29 is 22.4 Å². The molecule has 4 bridgehead atoms. The second-order valence-electron chi connectivity index (χ2n) is 11.1. The summed E-state index contributed by atoms with van der Waals surface area (Å²) in [7, 11) is 0. The number of aromatic nitrogens is 4. The fourth-order valence-electron chi connectivity index (χ4n) is 7.60. The molecule has 3 aromatic heterocycles. The van der Waals surface area contributed by atoms with Gasteiger partial charge < -0.3 is 15.1 Å². The first-order valence-corrected chi connectivity index (χ1v) is 12.6. The SMILES string of the molecule is O=C(Nc1cnn(C23CC4CC(CC(C4)C2)C3)c1)c1cnn2c1NC(c1ccco1)CC2C(F)(F)F. The number of hydrogen-bond acceptors (Lipinski definition) is 5. The minimum atomic E-state index is -4.53. The molecular weight excluding hydrogens is 473 g/mol. The molecule has 4 heterocycles. The first-order valence-electron chi connectivity index (χ1n) is 12.6. The summed E-state index contributed by atoms with van der Waals surface area (Å²) in [6.45, 7) is 0. The quantitative estimate of drug-likeness (QED) is 0.493. The minimum absolute atomic E-state index is 0.0202. The smallest absolute Gasteiger partial charge is 0.410 e. The highest BCUT2D eigenvalue weighted by molar-refractivity contribution is 6.07. The molecular formula is C25H27F3N6O2. The summed E-state index contributed by atoms with van der Waals surface area (Å²) in [5.74, 6) is 2.14. The molecule has 11 heteroatoms. The number of furan rings is 1. The van der Waals surface area contributed by atoms with Gasteiger partial charge >= 0.3 is 6.18 Å². The monoisotopic (exact) mass is 500 g/mol. The van der Waals surface area contributed by atoms with E-state index in [-0.39, 0.29) is 23.3 Å². The van der Waals surface area contributed by atoms with E-state index in [1.54, 1.807) is 18.3 Å². The number of amides is 1. The van der Waals surface area contributed by atoms with Gasteiger partial charge in [-0.1, -0.05) is 0 Å². The van der Waals surface area contributed by atoms with Crippen molar-refractivity contribution in [1.82, 2.24) is 19.6 Å². The number of carbonyl (C=O) groups is 1. The van der Waals surface area contributed by atoms with Crippen molar-refractivity contribution in [3.63, 3.8) is 0 Å². The zero-order chi connectivity index (χ0) is 24.7. The van der Waals surface area contributed by atoms with E-state index in [9.17, 15) is 18.0 Å². The molecule has 0 aromatic carbocycles. The molecule has 8 rings (SSSR count). The number of anilines is 2. The third kappa shape index (κ3) is 3.46. The van der Waals surface area contributed by atoms with Crippen molar-refractivity contribution in [2.45, 2.75) is 68.7 Å². The van der Waals surface area contributed by atoms with E-state index in [0.717, 1.165) is 41.7 Å². The van der Waals surface area contributed by atoms with Crippen LogP contribution in [0.2, 0.25) is 0 Å². The third-order valence-corrected chi connectivity index (χ3v) is 8.70. The summed E-state index contributed by atoms with van der Waals surface area (Å²) in [6, 6.07) is 0.640. The molecule has 8 nitrogen and oxygen atoms in total. The number of alkyl halides is 3. The standard InChI is InChI=1S/C25H27F3N6O2/c26-25(27,28)21-7-19(20-2-1-3-36-20)32-22-18(12-30-34(21)22)23(35)31-17-11-29-33(13-17)24-8-14-4-15(9-24)6-16(5-14)10-24/h1-3,11-16,19,21,32H,4-10H2,(H,31,35). The Balaban J connectivity index is 1.14. The van der Waals surface area contributed by atoms with Gasteiger partial charge in [0, 0.05) is 12.6 Å². The number of fused-ring (bicyclic) bond motifs is 1. The van der Waals surface area contributed by atoms with Gasteiger partial charge in [0.25, 0.3) is 5.91 Å². The number of nitrogens with zero attached hydrogens (tertiary/aromatic N) is 4. The van der Waals surface area contributed by atoms with E-state index in [0.29, 0.717) is 11.4 Å². The number of hydrogen-bond donors (Lipinski definition) is 2. The third-order valence-electron chi connectivity index (χ3n) is 8.70. The van der Waals surface area contributed by atoms with Crippen molar-refractivity contribution in [2.24, 2.45) is 17.8 Å². The zero-order valence-corrected chi connectivity index (χ0v) is 19.5. The zero-order valence-electron chi connectivity index (χ0n) is 19.5. The van der Waals surface area contributed by atoms with E-state index in [1.165, 1.54) is 31.7 Å². The van der Waals surface area contributed by atoms with E-state index < -0.39 is 24.2 Å². The highest BCUT2D eigenvalue weighted by atomic mass is 19.4. The molecule has 4 fully saturated rings. The Labute approximate surface area is 205 Å². The molecule has 5 aliphatic rings. The largest absolute Gasteiger partial charge is 0.467 e. The predicted octanol–water partition coefficient (Wildman–Crippen LogP) is 5.51. The topological polar surface area (TPSA) is 89.9 Å². The predicted molar refractivity (Wildman–Crippen MR) is 123 cm³/mol. The Morgan fingerprint density at radius 3 is 2.44 bits per heavy atom. The van der Waals surface area contributed by atoms with E-state index in [2.05, 4.69) is 20.8 Å². The van der Waals surface area contributed by atoms with Gasteiger partial charge in [0.1, 0.15) is 17.1 Å². The maximum absolute atomic E-state index is 13.9. The van der Waals surface area contributed by atoms with Crippen LogP contribution in [-0.2, 0) is 5.54 Å². The number of nitrogens with one attached hydrogen (secondary N) is 2. The first-order chi connectivity index (χ1) is 17.3. The summed E-state index contributed by atoms with van der Waals surface area (Å²) in [5.41, 5.74) is 0.594. The Morgan fingerprint density at radius 1 is 1.08 bits per heavy atom. The van der Waals surface area contributed by atoms with Gasteiger partial charge in [-0.15, -0.1) is 0 Å². The average Bonchev–Trinajstić information content (AvgIpc) is 3.57. The summed E-state index contributed by atoms with van der Waals surface area (Å²) in [5, 5.41) is 14.4. The van der Waals surface area contributed by atoms with Gasteiger partial charge in [-0.25, -0.2) is 4.68 Å². The first kappa shape index (κ1) is 22.0. The molecule has 2 N–H and O–H groups in total. The minimum Gasteiger partial charge on any atom is -0.467 e. The van der Waals surface area contributed by atoms with Gasteiger partial charge in [0.2, 0.25) is 0 Å². The van der Waals surface area contributed by atoms with Gasteiger partial charge in [0.05, 0.1) is 35.9 Å². The van der Waals surface area contributed by atoms with E-state index in [1.807, 2.05) is 10.9 Å². The second-order valence-corrected chi connectivity index (χ2v) is 11.1. The van der Waals surface area contributed by atoms with Crippen molar-refractivity contribution in [3.8, 4) is 0 Å². The van der Waals surface area contributed by atoms with Crippen molar-refractivity contribution in [2.75, 3.05) is 10.6 Å². The lowest BCUT2D eigenvalue weighted by molar-refractivity contribution is -0.174. The van der Waals surface area contributed by atoms with Crippen LogP contribution in [0.25, 0.3) is 0 Å². The molecule has 4 saturated carbocycles. The highest BCUT2D eigenvalue weighted by Gasteiger charge is 2.52. The molecule has 2 atom stereocenters. The molecule has 0 radical (unpaired) electrons. The Kier molecular flexibility index (Phi) is 4.66. The summed E-state index contributed by atoms with van der Waals surface area (Å²) >= 11 is 0. The summed E-state index contributed by atoms with van der Waals surface area (Å²) in [4.78, 5) is 13.2. The molecule has 2 unspecified atom stereocenters. The number of rotatable bonds is 4. The molecule has 0 spiro atoms. The van der Waals surface area contributed by atoms with Crippen molar-refractivity contribution in [3.05, 3.63) is 48.3 Å². The lowest BCUT2D eigenvalue weighted by Gasteiger charge is -2.56.